The highest BCUT2D eigenvalue weighted by molar-refractivity contribution is 9.10. The van der Waals surface area contributed by atoms with Gasteiger partial charge < -0.3 is 15.5 Å². The quantitative estimate of drug-likeness (QED) is 0.775. The third-order valence-electron chi connectivity index (χ3n) is 1.68. The number of carbonyl (C=O) groups is 1. The zero-order valence-electron chi connectivity index (χ0n) is 7.27. The molecule has 0 spiro atoms. The van der Waals surface area contributed by atoms with E-state index in [0.717, 1.165) is 4.47 Å². The second-order valence-electron chi connectivity index (χ2n) is 2.76. The Hall–Kier alpha value is -1.07. The van der Waals surface area contributed by atoms with Crippen molar-refractivity contribution in [2.75, 3.05) is 6.54 Å². The molecule has 0 fully saturated rings. The van der Waals surface area contributed by atoms with Crippen molar-refractivity contribution in [2.24, 2.45) is 0 Å². The number of carboxylic acid groups (broad SMARTS) is 1. The van der Waals surface area contributed by atoms with Gasteiger partial charge in [-0.1, -0.05) is 28.1 Å². The van der Waals surface area contributed by atoms with Crippen molar-refractivity contribution < 1.29 is 15.0 Å². The molecule has 0 saturated heterocycles. The molecule has 4 nitrogen and oxygen atoms in total. The van der Waals surface area contributed by atoms with Crippen LogP contribution in [0.25, 0.3) is 0 Å². The van der Waals surface area contributed by atoms with Crippen LogP contribution in [0.1, 0.15) is 11.7 Å². The summed E-state index contributed by atoms with van der Waals surface area (Å²) in [5.74, 6) is 0. The van der Waals surface area contributed by atoms with Gasteiger partial charge in [0.25, 0.3) is 0 Å². The first-order valence-corrected chi connectivity index (χ1v) is 4.79. The number of benzene rings is 1. The first kappa shape index (κ1) is 11.0. The van der Waals surface area contributed by atoms with E-state index in [4.69, 9.17) is 5.11 Å². The zero-order chi connectivity index (χ0) is 10.6. The van der Waals surface area contributed by atoms with Gasteiger partial charge >= 0.3 is 6.09 Å². The molecule has 0 aliphatic carbocycles. The van der Waals surface area contributed by atoms with Gasteiger partial charge in [-0.05, 0) is 17.7 Å². The first-order chi connectivity index (χ1) is 6.59. The molecule has 0 aliphatic heterocycles. The molecule has 3 N–H and O–H groups in total. The number of halogens is 1. The van der Waals surface area contributed by atoms with Gasteiger partial charge in [-0.3, -0.25) is 0 Å². The average molecular weight is 260 g/mol. The standard InChI is InChI=1S/C9H10BrNO3/c10-7-3-1-2-6(4-7)8(12)5-11-9(13)14/h1-4,8,11-12H,5H2,(H,13,14)/t8-/m0/s1. The van der Waals surface area contributed by atoms with Crippen molar-refractivity contribution in [3.8, 4) is 0 Å². The molecule has 1 aromatic carbocycles. The number of nitrogens with one attached hydrogen (secondary N) is 1. The van der Waals surface area contributed by atoms with Gasteiger partial charge in [-0.15, -0.1) is 0 Å². The third-order valence-corrected chi connectivity index (χ3v) is 2.17. The summed E-state index contributed by atoms with van der Waals surface area (Å²) in [5.41, 5.74) is 0.674. The summed E-state index contributed by atoms with van der Waals surface area (Å²) < 4.78 is 0.851. The van der Waals surface area contributed by atoms with Crippen LogP contribution in [0, 0.1) is 0 Å². The molecule has 1 rings (SSSR count). The van der Waals surface area contributed by atoms with Crippen molar-refractivity contribution >= 4 is 22.0 Å². The zero-order valence-corrected chi connectivity index (χ0v) is 8.86. The lowest BCUT2D eigenvalue weighted by atomic mass is 10.1. The van der Waals surface area contributed by atoms with Crippen LogP contribution >= 0.6 is 15.9 Å². The Morgan fingerprint density at radius 2 is 2.29 bits per heavy atom. The maximum absolute atomic E-state index is 10.2. The fourth-order valence-corrected chi connectivity index (χ4v) is 1.43. The SMILES string of the molecule is O=C(O)NC[C@H](O)c1cccc(Br)c1. The van der Waals surface area contributed by atoms with E-state index in [9.17, 15) is 9.90 Å². The smallest absolute Gasteiger partial charge is 0.404 e. The minimum Gasteiger partial charge on any atom is -0.465 e. The first-order valence-electron chi connectivity index (χ1n) is 4.00. The Morgan fingerprint density at radius 3 is 2.86 bits per heavy atom. The van der Waals surface area contributed by atoms with Crippen LogP contribution in [0.2, 0.25) is 0 Å². The van der Waals surface area contributed by atoms with E-state index in [-0.39, 0.29) is 6.54 Å². The van der Waals surface area contributed by atoms with Crippen LogP contribution in [0.15, 0.2) is 28.7 Å². The molecule has 1 atom stereocenters. The van der Waals surface area contributed by atoms with Crippen molar-refractivity contribution in [1.82, 2.24) is 5.32 Å². The number of amides is 1. The number of rotatable bonds is 3. The molecule has 0 aliphatic rings. The normalized spacial score (nSPS) is 12.1. The van der Waals surface area contributed by atoms with Gasteiger partial charge in [-0.25, -0.2) is 4.79 Å². The van der Waals surface area contributed by atoms with Crippen LogP contribution in [0.4, 0.5) is 4.79 Å². The van der Waals surface area contributed by atoms with Crippen LogP contribution in [0.3, 0.4) is 0 Å². The van der Waals surface area contributed by atoms with E-state index in [1.54, 1.807) is 18.2 Å². The highest BCUT2D eigenvalue weighted by Gasteiger charge is 2.08. The number of hydrogen-bond acceptors (Lipinski definition) is 2. The van der Waals surface area contributed by atoms with Crippen LogP contribution < -0.4 is 5.32 Å². The van der Waals surface area contributed by atoms with Crippen molar-refractivity contribution in [2.45, 2.75) is 6.10 Å². The number of aliphatic hydroxyl groups excluding tert-OH is 1. The van der Waals surface area contributed by atoms with E-state index in [1.807, 2.05) is 6.07 Å². The molecule has 5 heteroatoms. The van der Waals surface area contributed by atoms with Crippen LogP contribution in [-0.2, 0) is 0 Å². The summed E-state index contributed by atoms with van der Waals surface area (Å²) in [6, 6.07) is 7.09. The van der Waals surface area contributed by atoms with Gasteiger partial charge in [-0.2, -0.15) is 0 Å². The summed E-state index contributed by atoms with van der Waals surface area (Å²) in [4.78, 5) is 10.2. The lowest BCUT2D eigenvalue weighted by Crippen LogP contribution is -2.26. The summed E-state index contributed by atoms with van der Waals surface area (Å²) in [6.45, 7) is -0.00815. The average Bonchev–Trinajstić information content (AvgIpc) is 2.14. The molecular weight excluding hydrogens is 250 g/mol. The van der Waals surface area contributed by atoms with E-state index >= 15 is 0 Å². The highest BCUT2D eigenvalue weighted by Crippen LogP contribution is 2.17. The Morgan fingerprint density at radius 1 is 1.57 bits per heavy atom. The maximum Gasteiger partial charge on any atom is 0.404 e. The van der Waals surface area contributed by atoms with Crippen LogP contribution in [-0.4, -0.2) is 22.9 Å². The predicted octanol–water partition coefficient (Wildman–Crippen LogP) is 1.75. The topological polar surface area (TPSA) is 69.6 Å². The second-order valence-corrected chi connectivity index (χ2v) is 3.67. The molecule has 0 aromatic heterocycles. The summed E-state index contributed by atoms with van der Waals surface area (Å²) in [7, 11) is 0. The fourth-order valence-electron chi connectivity index (χ4n) is 1.02. The lowest BCUT2D eigenvalue weighted by molar-refractivity contribution is 0.159. The Bertz CT molecular complexity index is 330. The second kappa shape index (κ2) is 4.97. The van der Waals surface area contributed by atoms with Gasteiger partial charge in [0.15, 0.2) is 0 Å². The fraction of sp³-hybridized carbons (Fsp3) is 0.222. The van der Waals surface area contributed by atoms with Crippen LogP contribution in [0.5, 0.6) is 0 Å². The molecule has 1 amide bonds. The predicted molar refractivity (Wildman–Crippen MR) is 55.1 cm³/mol. The molecular formula is C9H10BrNO3. The molecule has 0 radical (unpaired) electrons. The molecule has 0 heterocycles. The van der Waals surface area contributed by atoms with Crippen molar-refractivity contribution in [1.29, 1.82) is 0 Å². The monoisotopic (exact) mass is 259 g/mol. The van der Waals surface area contributed by atoms with Crippen molar-refractivity contribution in [3.05, 3.63) is 34.3 Å². The molecule has 14 heavy (non-hydrogen) atoms. The number of hydrogen-bond donors (Lipinski definition) is 3. The maximum atomic E-state index is 10.2. The van der Waals surface area contributed by atoms with E-state index in [0.29, 0.717) is 5.56 Å². The third kappa shape index (κ3) is 3.35. The van der Waals surface area contributed by atoms with E-state index in [2.05, 4.69) is 21.2 Å². The largest absolute Gasteiger partial charge is 0.465 e. The minimum atomic E-state index is -1.14. The van der Waals surface area contributed by atoms with Gasteiger partial charge in [0.05, 0.1) is 12.6 Å². The van der Waals surface area contributed by atoms with Crippen molar-refractivity contribution in [3.63, 3.8) is 0 Å². The molecule has 0 bridgehead atoms. The van der Waals surface area contributed by atoms with Gasteiger partial charge in [0, 0.05) is 4.47 Å². The molecule has 76 valence electrons. The van der Waals surface area contributed by atoms with Gasteiger partial charge in [0.2, 0.25) is 0 Å². The molecule has 0 unspecified atom stereocenters. The summed E-state index contributed by atoms with van der Waals surface area (Å²) in [6.07, 6.45) is -1.96. The number of aliphatic hydroxyl groups is 1. The lowest BCUT2D eigenvalue weighted by Gasteiger charge is -2.10. The van der Waals surface area contributed by atoms with Gasteiger partial charge in [0.1, 0.15) is 0 Å². The molecule has 0 saturated carbocycles. The Balaban J connectivity index is 2.60. The summed E-state index contributed by atoms with van der Waals surface area (Å²) in [5, 5.41) is 20.0. The Labute approximate surface area is 89.7 Å². The van der Waals surface area contributed by atoms with E-state index < -0.39 is 12.2 Å². The minimum absolute atomic E-state index is 0.00815. The van der Waals surface area contributed by atoms with E-state index in [1.165, 1.54) is 0 Å². The Kier molecular flexibility index (Phi) is 3.91. The molecule has 1 aromatic rings. The summed E-state index contributed by atoms with van der Waals surface area (Å²) >= 11 is 3.26. The highest BCUT2D eigenvalue weighted by atomic mass is 79.9.